The SMILES string of the molecule is N#Cc1ccc(-c2ccccc2)c(-c2ccc(C(F)(F)F)cc2)c1. The number of hydrogen-bond donors (Lipinski definition) is 0. The fraction of sp³-hybridized carbons (Fsp3) is 0.0500. The maximum absolute atomic E-state index is 12.7. The summed E-state index contributed by atoms with van der Waals surface area (Å²) >= 11 is 0. The topological polar surface area (TPSA) is 23.8 Å². The van der Waals surface area contributed by atoms with E-state index in [4.69, 9.17) is 5.26 Å². The highest BCUT2D eigenvalue weighted by Crippen LogP contribution is 2.35. The zero-order valence-electron chi connectivity index (χ0n) is 12.5. The Morgan fingerprint density at radius 2 is 1.33 bits per heavy atom. The number of benzene rings is 3. The number of hydrogen-bond acceptors (Lipinski definition) is 1. The summed E-state index contributed by atoms with van der Waals surface area (Å²) in [7, 11) is 0. The molecule has 118 valence electrons. The van der Waals surface area contributed by atoms with Crippen molar-refractivity contribution in [3.63, 3.8) is 0 Å². The van der Waals surface area contributed by atoms with Crippen molar-refractivity contribution in [3.05, 3.63) is 83.9 Å². The Morgan fingerprint density at radius 3 is 1.92 bits per heavy atom. The minimum atomic E-state index is -4.37. The molecule has 0 aromatic heterocycles. The second-order valence-electron chi connectivity index (χ2n) is 5.31. The van der Waals surface area contributed by atoms with Crippen LogP contribution in [-0.2, 0) is 6.18 Å². The van der Waals surface area contributed by atoms with Crippen LogP contribution in [0.25, 0.3) is 22.3 Å². The molecule has 0 aliphatic carbocycles. The van der Waals surface area contributed by atoms with E-state index in [1.165, 1.54) is 12.1 Å². The molecule has 0 bridgehead atoms. The third kappa shape index (κ3) is 3.16. The van der Waals surface area contributed by atoms with Crippen LogP contribution < -0.4 is 0 Å². The van der Waals surface area contributed by atoms with Gasteiger partial charge < -0.3 is 0 Å². The van der Waals surface area contributed by atoms with E-state index in [0.717, 1.165) is 28.8 Å². The van der Waals surface area contributed by atoms with Crippen LogP contribution in [0, 0.1) is 11.3 Å². The van der Waals surface area contributed by atoms with Gasteiger partial charge in [-0.05, 0) is 46.5 Å². The first kappa shape index (κ1) is 15.8. The van der Waals surface area contributed by atoms with Crippen LogP contribution >= 0.6 is 0 Å². The van der Waals surface area contributed by atoms with Crippen molar-refractivity contribution in [2.75, 3.05) is 0 Å². The van der Waals surface area contributed by atoms with Crippen molar-refractivity contribution in [3.8, 4) is 28.3 Å². The van der Waals surface area contributed by atoms with Gasteiger partial charge in [-0.15, -0.1) is 0 Å². The van der Waals surface area contributed by atoms with Crippen LogP contribution in [-0.4, -0.2) is 0 Å². The van der Waals surface area contributed by atoms with Crippen LogP contribution in [0.1, 0.15) is 11.1 Å². The molecule has 0 heterocycles. The van der Waals surface area contributed by atoms with E-state index in [0.29, 0.717) is 11.1 Å². The molecule has 24 heavy (non-hydrogen) atoms. The van der Waals surface area contributed by atoms with Gasteiger partial charge in [0.15, 0.2) is 0 Å². The van der Waals surface area contributed by atoms with Gasteiger partial charge in [0, 0.05) is 0 Å². The summed E-state index contributed by atoms with van der Waals surface area (Å²) in [5.41, 5.74) is 2.95. The van der Waals surface area contributed by atoms with Crippen molar-refractivity contribution in [2.24, 2.45) is 0 Å². The summed E-state index contributed by atoms with van der Waals surface area (Å²) < 4.78 is 38.2. The molecule has 3 rings (SSSR count). The number of rotatable bonds is 2. The Balaban J connectivity index is 2.14. The van der Waals surface area contributed by atoms with Crippen molar-refractivity contribution in [1.29, 1.82) is 5.26 Å². The molecule has 0 saturated carbocycles. The smallest absolute Gasteiger partial charge is 0.192 e. The first-order valence-corrected chi connectivity index (χ1v) is 7.26. The maximum atomic E-state index is 12.7. The first-order chi connectivity index (χ1) is 11.5. The van der Waals surface area contributed by atoms with Gasteiger partial charge >= 0.3 is 6.18 Å². The van der Waals surface area contributed by atoms with E-state index in [2.05, 4.69) is 6.07 Å². The number of halogens is 3. The van der Waals surface area contributed by atoms with Crippen LogP contribution in [0.2, 0.25) is 0 Å². The molecule has 0 fully saturated rings. The summed E-state index contributed by atoms with van der Waals surface area (Å²) in [5.74, 6) is 0. The zero-order chi connectivity index (χ0) is 17.2. The van der Waals surface area contributed by atoms with Crippen LogP contribution in [0.4, 0.5) is 13.2 Å². The second kappa shape index (κ2) is 6.21. The van der Waals surface area contributed by atoms with E-state index >= 15 is 0 Å². The lowest BCUT2D eigenvalue weighted by molar-refractivity contribution is -0.137. The van der Waals surface area contributed by atoms with Gasteiger partial charge in [-0.25, -0.2) is 0 Å². The number of nitrogens with zero attached hydrogens (tertiary/aromatic N) is 1. The first-order valence-electron chi connectivity index (χ1n) is 7.26. The molecule has 0 spiro atoms. The molecular formula is C20H12F3N. The molecule has 0 atom stereocenters. The summed E-state index contributed by atoms with van der Waals surface area (Å²) in [6.45, 7) is 0. The Morgan fingerprint density at radius 1 is 0.708 bits per heavy atom. The molecule has 3 aromatic rings. The van der Waals surface area contributed by atoms with Crippen molar-refractivity contribution >= 4 is 0 Å². The minimum absolute atomic E-state index is 0.463. The van der Waals surface area contributed by atoms with Gasteiger partial charge in [0.05, 0.1) is 17.2 Å². The molecule has 3 aromatic carbocycles. The summed E-state index contributed by atoms with van der Waals surface area (Å²) in [4.78, 5) is 0. The van der Waals surface area contributed by atoms with Gasteiger partial charge in [-0.1, -0.05) is 48.5 Å². The lowest BCUT2D eigenvalue weighted by Gasteiger charge is -2.12. The number of alkyl halides is 3. The minimum Gasteiger partial charge on any atom is -0.192 e. The van der Waals surface area contributed by atoms with Gasteiger partial charge in [-0.2, -0.15) is 18.4 Å². The van der Waals surface area contributed by atoms with Crippen LogP contribution in [0.15, 0.2) is 72.8 Å². The predicted molar refractivity (Wildman–Crippen MR) is 87.0 cm³/mol. The quantitative estimate of drug-likeness (QED) is 0.575. The van der Waals surface area contributed by atoms with Crippen LogP contribution in [0.5, 0.6) is 0 Å². The highest BCUT2D eigenvalue weighted by Gasteiger charge is 2.30. The molecule has 0 aliphatic heterocycles. The molecule has 0 amide bonds. The fourth-order valence-electron chi connectivity index (χ4n) is 2.56. The maximum Gasteiger partial charge on any atom is 0.416 e. The molecule has 4 heteroatoms. The molecule has 0 aliphatic rings. The molecule has 0 unspecified atom stereocenters. The Bertz CT molecular complexity index is 889. The monoisotopic (exact) mass is 323 g/mol. The average Bonchev–Trinajstić information content (AvgIpc) is 2.61. The van der Waals surface area contributed by atoms with E-state index in [-0.39, 0.29) is 0 Å². The summed E-state index contributed by atoms with van der Waals surface area (Å²) in [6, 6.07) is 21.8. The van der Waals surface area contributed by atoms with Gasteiger partial charge in [0.1, 0.15) is 0 Å². The average molecular weight is 323 g/mol. The standard InChI is InChI=1S/C20H12F3N/c21-20(22,23)17-9-7-16(8-10-17)19-12-14(13-24)6-11-18(19)15-4-2-1-3-5-15/h1-12H. The normalized spacial score (nSPS) is 11.1. The van der Waals surface area contributed by atoms with Gasteiger partial charge in [0.25, 0.3) is 0 Å². The van der Waals surface area contributed by atoms with E-state index in [1.807, 2.05) is 36.4 Å². The fourth-order valence-corrected chi connectivity index (χ4v) is 2.56. The Hall–Kier alpha value is -3.06. The third-order valence-corrected chi connectivity index (χ3v) is 3.76. The summed E-state index contributed by atoms with van der Waals surface area (Å²) in [6.07, 6.45) is -4.37. The molecule has 1 nitrogen and oxygen atoms in total. The zero-order valence-corrected chi connectivity index (χ0v) is 12.5. The van der Waals surface area contributed by atoms with E-state index in [9.17, 15) is 13.2 Å². The third-order valence-electron chi connectivity index (χ3n) is 3.76. The Labute approximate surface area is 137 Å². The highest BCUT2D eigenvalue weighted by molar-refractivity contribution is 5.84. The predicted octanol–water partition coefficient (Wildman–Crippen LogP) is 5.91. The van der Waals surface area contributed by atoms with Crippen molar-refractivity contribution < 1.29 is 13.2 Å². The van der Waals surface area contributed by atoms with Crippen LogP contribution in [0.3, 0.4) is 0 Å². The Kier molecular flexibility index (Phi) is 4.09. The molecule has 0 N–H and O–H groups in total. The second-order valence-corrected chi connectivity index (χ2v) is 5.31. The highest BCUT2D eigenvalue weighted by atomic mass is 19.4. The van der Waals surface area contributed by atoms with Gasteiger partial charge in [0.2, 0.25) is 0 Å². The van der Waals surface area contributed by atoms with Crippen molar-refractivity contribution in [2.45, 2.75) is 6.18 Å². The largest absolute Gasteiger partial charge is 0.416 e. The van der Waals surface area contributed by atoms with E-state index in [1.54, 1.807) is 12.1 Å². The summed E-state index contributed by atoms with van der Waals surface area (Å²) in [5, 5.41) is 9.12. The molecule has 0 radical (unpaired) electrons. The van der Waals surface area contributed by atoms with E-state index < -0.39 is 11.7 Å². The number of nitriles is 1. The molecule has 0 saturated heterocycles. The van der Waals surface area contributed by atoms with Crippen molar-refractivity contribution in [1.82, 2.24) is 0 Å². The van der Waals surface area contributed by atoms with Gasteiger partial charge in [-0.3, -0.25) is 0 Å². The molecular weight excluding hydrogens is 311 g/mol. The lowest BCUT2D eigenvalue weighted by Crippen LogP contribution is -2.04. The lowest BCUT2D eigenvalue weighted by atomic mass is 9.92.